The number of benzene rings is 1. The van der Waals surface area contributed by atoms with E-state index in [2.05, 4.69) is 25.2 Å². The van der Waals surface area contributed by atoms with Crippen LogP contribution in [0, 0.1) is 40.1 Å². The summed E-state index contributed by atoms with van der Waals surface area (Å²) in [5.41, 5.74) is 7.67. The summed E-state index contributed by atoms with van der Waals surface area (Å²) in [5.74, 6) is -0.801. The zero-order chi connectivity index (χ0) is 23.7. The lowest BCUT2D eigenvalue weighted by atomic mass is 10.1. The topological polar surface area (TPSA) is 77.1 Å². The number of hydrogen-bond donors (Lipinski definition) is 1. The molecule has 0 aliphatic carbocycles. The molecule has 0 fully saturated rings. The summed E-state index contributed by atoms with van der Waals surface area (Å²) in [6.07, 6.45) is 1.59. The van der Waals surface area contributed by atoms with Gasteiger partial charge < -0.3 is 5.32 Å². The lowest BCUT2D eigenvalue weighted by Gasteiger charge is -2.09. The Morgan fingerprint density at radius 3 is 2.61 bits per heavy atom. The Hall–Kier alpha value is -3.90. The number of halogens is 1. The van der Waals surface area contributed by atoms with Crippen molar-refractivity contribution in [1.29, 1.82) is 0 Å². The third-order valence-electron chi connectivity index (χ3n) is 5.41. The molecule has 0 spiro atoms. The smallest absolute Gasteiger partial charge is 0.263 e. The molecular weight excluding hydrogens is 439 g/mol. The number of nitrogens with zero attached hydrogens (tertiary/aromatic N) is 5. The second-order valence-corrected chi connectivity index (χ2v) is 8.50. The first kappa shape index (κ1) is 22.3. The molecule has 0 unspecified atom stereocenters. The van der Waals surface area contributed by atoms with E-state index in [1.807, 2.05) is 32.9 Å². The Bertz CT molecular complexity index is 1420. The van der Waals surface area contributed by atoms with Crippen LogP contribution < -0.4 is 5.32 Å². The Morgan fingerprint density at radius 1 is 1.18 bits per heavy atom. The molecule has 0 radical (unpaired) electrons. The van der Waals surface area contributed by atoms with E-state index in [0.29, 0.717) is 21.8 Å². The summed E-state index contributed by atoms with van der Waals surface area (Å²) >= 11 is 1.24. The molecule has 0 bridgehead atoms. The third-order valence-corrected chi connectivity index (χ3v) is 6.34. The van der Waals surface area contributed by atoms with Gasteiger partial charge in [0.25, 0.3) is 5.91 Å². The van der Waals surface area contributed by atoms with E-state index in [4.69, 9.17) is 6.57 Å². The van der Waals surface area contributed by atoms with E-state index in [0.717, 1.165) is 28.2 Å². The number of thiazole rings is 1. The number of amides is 1. The van der Waals surface area contributed by atoms with E-state index in [-0.39, 0.29) is 18.1 Å². The number of aryl methyl sites for hydroxylation is 3. The molecule has 3 heterocycles. The molecule has 1 aromatic carbocycles. The van der Waals surface area contributed by atoms with E-state index < -0.39 is 5.82 Å². The first-order valence-electron chi connectivity index (χ1n) is 10.2. The second kappa shape index (κ2) is 8.92. The summed E-state index contributed by atoms with van der Waals surface area (Å²) in [5, 5.41) is 7.33. The summed E-state index contributed by atoms with van der Waals surface area (Å²) in [6, 6.07) is 6.94. The minimum absolute atomic E-state index is 0.0216. The maximum Gasteiger partial charge on any atom is 0.263 e. The maximum absolute atomic E-state index is 14.9. The second-order valence-electron chi connectivity index (χ2n) is 7.64. The van der Waals surface area contributed by atoms with Gasteiger partial charge in [-0.05, 0) is 51.5 Å². The van der Waals surface area contributed by atoms with Gasteiger partial charge in [0.15, 0.2) is 5.69 Å². The van der Waals surface area contributed by atoms with Gasteiger partial charge in [-0.2, -0.15) is 5.10 Å². The fourth-order valence-corrected chi connectivity index (χ4v) is 4.42. The number of rotatable bonds is 5. The van der Waals surface area contributed by atoms with E-state index in [9.17, 15) is 9.18 Å². The number of hydrogen-bond acceptors (Lipinski definition) is 5. The molecule has 7 nitrogen and oxygen atoms in total. The number of carbonyl (C=O) groups is 1. The molecule has 33 heavy (non-hydrogen) atoms. The van der Waals surface area contributed by atoms with Crippen LogP contribution in [0.3, 0.4) is 0 Å². The van der Waals surface area contributed by atoms with Gasteiger partial charge in [0, 0.05) is 23.0 Å². The van der Waals surface area contributed by atoms with Gasteiger partial charge in [0.2, 0.25) is 0 Å². The highest BCUT2D eigenvalue weighted by Gasteiger charge is 2.18. The predicted octanol–water partition coefficient (Wildman–Crippen LogP) is 5.24. The number of aromatic nitrogens is 4. The Morgan fingerprint density at radius 2 is 1.97 bits per heavy atom. The lowest BCUT2D eigenvalue weighted by Crippen LogP contribution is -2.23. The molecule has 0 aliphatic heterocycles. The highest BCUT2D eigenvalue weighted by Crippen LogP contribution is 2.30. The molecule has 166 valence electrons. The zero-order valence-corrected chi connectivity index (χ0v) is 19.4. The molecule has 0 saturated heterocycles. The molecule has 4 aromatic rings. The first-order valence-corrected chi connectivity index (χ1v) is 11.1. The van der Waals surface area contributed by atoms with Crippen molar-refractivity contribution in [3.63, 3.8) is 0 Å². The monoisotopic (exact) mass is 460 g/mol. The van der Waals surface area contributed by atoms with Gasteiger partial charge in [-0.3, -0.25) is 9.78 Å². The molecule has 9 heteroatoms. The van der Waals surface area contributed by atoms with Crippen LogP contribution in [-0.4, -0.2) is 25.7 Å². The average molecular weight is 461 g/mol. The van der Waals surface area contributed by atoms with Crippen LogP contribution in [0.15, 0.2) is 36.0 Å². The maximum atomic E-state index is 14.9. The largest absolute Gasteiger partial charge is 0.346 e. The quantitative estimate of drug-likeness (QED) is 0.413. The lowest BCUT2D eigenvalue weighted by molar-refractivity contribution is 0.0953. The van der Waals surface area contributed by atoms with Crippen molar-refractivity contribution < 1.29 is 9.18 Å². The minimum Gasteiger partial charge on any atom is -0.346 e. The van der Waals surface area contributed by atoms with Gasteiger partial charge in [0.1, 0.15) is 10.7 Å². The van der Waals surface area contributed by atoms with Crippen LogP contribution in [0.2, 0.25) is 0 Å². The highest BCUT2D eigenvalue weighted by atomic mass is 32.1. The molecule has 1 N–H and O–H groups in total. The molecule has 4 rings (SSSR count). The minimum atomic E-state index is -0.502. The molecule has 0 saturated carbocycles. The fraction of sp³-hybridized carbons (Fsp3) is 0.208. The molecule has 1 amide bonds. The molecule has 3 aromatic heterocycles. The van der Waals surface area contributed by atoms with Crippen molar-refractivity contribution in [2.45, 2.75) is 34.2 Å². The summed E-state index contributed by atoms with van der Waals surface area (Å²) in [6.45, 7) is 14.6. The first-order chi connectivity index (χ1) is 15.8. The molecule has 0 atom stereocenters. The normalized spacial score (nSPS) is 10.8. The van der Waals surface area contributed by atoms with Crippen molar-refractivity contribution in [1.82, 2.24) is 25.1 Å². The van der Waals surface area contributed by atoms with E-state index in [1.54, 1.807) is 29.4 Å². The summed E-state index contributed by atoms with van der Waals surface area (Å²) in [7, 11) is 0. The van der Waals surface area contributed by atoms with Crippen molar-refractivity contribution in [3.8, 4) is 16.8 Å². The third kappa shape index (κ3) is 4.25. The predicted molar refractivity (Wildman–Crippen MR) is 125 cm³/mol. The summed E-state index contributed by atoms with van der Waals surface area (Å²) < 4.78 is 16.6. The van der Waals surface area contributed by atoms with Crippen molar-refractivity contribution in [3.05, 3.63) is 86.4 Å². The van der Waals surface area contributed by atoms with Crippen molar-refractivity contribution in [2.75, 3.05) is 0 Å². The fourth-order valence-electron chi connectivity index (χ4n) is 3.71. The molecule has 0 aliphatic rings. The van der Waals surface area contributed by atoms with Crippen LogP contribution >= 0.6 is 11.3 Å². The zero-order valence-electron chi connectivity index (χ0n) is 18.6. The highest BCUT2D eigenvalue weighted by molar-refractivity contribution is 7.11. The van der Waals surface area contributed by atoms with Gasteiger partial charge in [-0.25, -0.2) is 18.9 Å². The Kier molecular flexibility index (Phi) is 6.03. The van der Waals surface area contributed by atoms with Crippen LogP contribution in [0.5, 0.6) is 0 Å². The van der Waals surface area contributed by atoms with Crippen molar-refractivity contribution >= 4 is 22.9 Å². The molecular formula is C24H21FN6OS. The summed E-state index contributed by atoms with van der Waals surface area (Å²) in [4.78, 5) is 24.6. The van der Waals surface area contributed by atoms with Gasteiger partial charge in [0.05, 0.1) is 41.4 Å². The van der Waals surface area contributed by atoms with Gasteiger partial charge >= 0.3 is 0 Å². The van der Waals surface area contributed by atoms with Crippen LogP contribution in [0.4, 0.5) is 10.1 Å². The Labute approximate surface area is 194 Å². The van der Waals surface area contributed by atoms with E-state index >= 15 is 0 Å². The van der Waals surface area contributed by atoms with Crippen LogP contribution in [0.1, 0.15) is 38.0 Å². The van der Waals surface area contributed by atoms with Crippen LogP contribution in [0.25, 0.3) is 21.7 Å². The van der Waals surface area contributed by atoms with E-state index in [1.165, 1.54) is 17.4 Å². The average Bonchev–Trinajstić information content (AvgIpc) is 3.35. The van der Waals surface area contributed by atoms with Gasteiger partial charge in [-0.15, -0.1) is 11.3 Å². The van der Waals surface area contributed by atoms with Crippen LogP contribution in [-0.2, 0) is 6.54 Å². The Balaban J connectivity index is 1.59. The standard InChI is InChI=1S/C24H21FN6OS/c1-13-8-18(6-7-20(13)26-5)31-16(4)22(14(2)30-31)17-9-19(25)21(27-10-17)11-28-24(32)23-15(3)29-12-33-23/h6-10,12H,11H2,1-4H3,(H,28,32). The van der Waals surface area contributed by atoms with Gasteiger partial charge in [-0.1, -0.05) is 6.07 Å². The SMILES string of the molecule is [C-]#[N+]c1ccc(-n2nc(C)c(-c3cnc(CNC(=O)c4scnc4C)c(F)c3)c2C)cc1C. The number of carbonyl (C=O) groups excluding carboxylic acids is 1. The number of pyridine rings is 1. The number of nitrogens with one attached hydrogen (secondary N) is 1. The van der Waals surface area contributed by atoms with Crippen molar-refractivity contribution in [2.24, 2.45) is 0 Å².